The van der Waals surface area contributed by atoms with Gasteiger partial charge in [-0.05, 0) is 36.2 Å². The summed E-state index contributed by atoms with van der Waals surface area (Å²) in [5.41, 5.74) is 7.60. The third-order valence-corrected chi connectivity index (χ3v) is 5.09. The van der Waals surface area contributed by atoms with Crippen LogP contribution < -0.4 is 5.73 Å². The zero-order valence-corrected chi connectivity index (χ0v) is 13.3. The molecule has 0 aromatic heterocycles. The maximum atomic E-state index is 6.40. The van der Waals surface area contributed by atoms with E-state index in [1.807, 2.05) is 30.0 Å². The van der Waals surface area contributed by atoms with Crippen molar-refractivity contribution in [1.82, 2.24) is 0 Å². The molecule has 2 atom stereocenters. The molecule has 0 saturated heterocycles. The lowest BCUT2D eigenvalue weighted by Crippen LogP contribution is -2.23. The van der Waals surface area contributed by atoms with E-state index in [4.69, 9.17) is 5.73 Å². The van der Waals surface area contributed by atoms with Crippen LogP contribution in [-0.4, -0.2) is 5.25 Å². The van der Waals surface area contributed by atoms with Crippen molar-refractivity contribution in [2.75, 3.05) is 0 Å². The Kier molecular flexibility index (Phi) is 5.49. The predicted octanol–water partition coefficient (Wildman–Crippen LogP) is 5.02. The number of hydrogen-bond acceptors (Lipinski definition) is 2. The molecule has 0 aliphatic carbocycles. The molecule has 0 saturated carbocycles. The third-order valence-electron chi connectivity index (χ3n) is 3.09. The first-order chi connectivity index (χ1) is 9.20. The Morgan fingerprint density at radius 3 is 2.26 bits per heavy atom. The molecule has 0 spiro atoms. The van der Waals surface area contributed by atoms with Crippen molar-refractivity contribution in [3.05, 3.63) is 64.6 Å². The van der Waals surface area contributed by atoms with Gasteiger partial charge in [0.15, 0.2) is 0 Å². The van der Waals surface area contributed by atoms with Crippen molar-refractivity contribution in [2.45, 2.75) is 29.5 Å². The van der Waals surface area contributed by atoms with Crippen molar-refractivity contribution < 1.29 is 0 Å². The fraction of sp³-hybridized carbons (Fsp3) is 0.250. The fourth-order valence-corrected chi connectivity index (χ4v) is 3.37. The van der Waals surface area contributed by atoms with Crippen molar-refractivity contribution >= 4 is 27.7 Å². The second kappa shape index (κ2) is 7.13. The molecule has 3 heteroatoms. The summed E-state index contributed by atoms with van der Waals surface area (Å²) in [4.78, 5) is 1.27. The van der Waals surface area contributed by atoms with Crippen LogP contribution in [0.3, 0.4) is 0 Å². The van der Waals surface area contributed by atoms with Gasteiger partial charge in [-0.2, -0.15) is 0 Å². The monoisotopic (exact) mass is 335 g/mol. The topological polar surface area (TPSA) is 26.0 Å². The number of benzene rings is 2. The minimum atomic E-state index is 0.0693. The lowest BCUT2D eigenvalue weighted by Gasteiger charge is -2.22. The molecule has 100 valence electrons. The molecule has 19 heavy (non-hydrogen) atoms. The Bertz CT molecular complexity index is 498. The van der Waals surface area contributed by atoms with E-state index in [1.54, 1.807) is 0 Å². The van der Waals surface area contributed by atoms with Gasteiger partial charge in [0.1, 0.15) is 0 Å². The molecule has 0 aliphatic heterocycles. The second-order valence-electron chi connectivity index (χ2n) is 4.45. The smallest absolute Gasteiger partial charge is 0.0418 e. The highest BCUT2D eigenvalue weighted by atomic mass is 79.9. The predicted molar refractivity (Wildman–Crippen MR) is 87.4 cm³/mol. The zero-order valence-electron chi connectivity index (χ0n) is 10.9. The average molecular weight is 336 g/mol. The number of rotatable bonds is 5. The highest BCUT2D eigenvalue weighted by molar-refractivity contribution is 9.10. The molecule has 1 nitrogen and oxygen atoms in total. The summed E-state index contributed by atoms with van der Waals surface area (Å²) >= 11 is 5.31. The lowest BCUT2D eigenvalue weighted by molar-refractivity contribution is 0.656. The first-order valence-corrected chi connectivity index (χ1v) is 8.10. The van der Waals surface area contributed by atoms with Gasteiger partial charge in [-0.15, -0.1) is 11.8 Å². The number of thioether (sulfide) groups is 1. The molecule has 2 unspecified atom stereocenters. The number of hydrogen-bond donors (Lipinski definition) is 1. The Labute approximate surface area is 127 Å². The highest BCUT2D eigenvalue weighted by Crippen LogP contribution is 2.33. The molecular formula is C16H18BrNS. The summed E-state index contributed by atoms with van der Waals surface area (Å²) in [6.07, 6.45) is 1.05. The van der Waals surface area contributed by atoms with Crippen LogP contribution in [0, 0.1) is 0 Å². The molecule has 0 aliphatic rings. The minimum Gasteiger partial charge on any atom is -0.323 e. The Balaban J connectivity index is 2.10. The SMILES string of the molecule is CCC(Sc1ccc(Br)cc1)C(N)c1ccccc1. The standard InChI is InChI=1S/C16H18BrNS/c1-2-15(16(18)12-6-4-3-5-7-12)19-14-10-8-13(17)9-11-14/h3-11,15-16H,2,18H2,1H3. The summed E-state index contributed by atoms with van der Waals surface area (Å²) in [5.74, 6) is 0. The van der Waals surface area contributed by atoms with E-state index in [0.717, 1.165) is 10.9 Å². The van der Waals surface area contributed by atoms with Crippen LogP contribution in [0.25, 0.3) is 0 Å². The molecule has 2 N–H and O–H groups in total. The van der Waals surface area contributed by atoms with Gasteiger partial charge in [0.2, 0.25) is 0 Å². The first-order valence-electron chi connectivity index (χ1n) is 6.43. The second-order valence-corrected chi connectivity index (χ2v) is 6.68. The summed E-state index contributed by atoms with van der Waals surface area (Å²) in [7, 11) is 0. The van der Waals surface area contributed by atoms with Crippen molar-refractivity contribution in [1.29, 1.82) is 0 Å². The molecule has 0 amide bonds. The van der Waals surface area contributed by atoms with Crippen LogP contribution in [-0.2, 0) is 0 Å². The van der Waals surface area contributed by atoms with Crippen LogP contribution in [0.1, 0.15) is 24.9 Å². The molecule has 2 aromatic rings. The summed E-state index contributed by atoms with van der Waals surface area (Å²) in [6, 6.07) is 18.8. The molecule has 2 aromatic carbocycles. The van der Waals surface area contributed by atoms with Crippen LogP contribution in [0.5, 0.6) is 0 Å². The van der Waals surface area contributed by atoms with Crippen LogP contribution >= 0.6 is 27.7 Å². The van der Waals surface area contributed by atoms with E-state index in [0.29, 0.717) is 5.25 Å². The molecule has 0 radical (unpaired) electrons. The molecule has 0 bridgehead atoms. The van der Waals surface area contributed by atoms with Gasteiger partial charge >= 0.3 is 0 Å². The first kappa shape index (κ1) is 14.6. The van der Waals surface area contributed by atoms with Gasteiger partial charge in [0.25, 0.3) is 0 Å². The quantitative estimate of drug-likeness (QED) is 0.776. The maximum Gasteiger partial charge on any atom is 0.0418 e. The van der Waals surface area contributed by atoms with E-state index in [1.165, 1.54) is 10.5 Å². The number of nitrogens with two attached hydrogens (primary N) is 1. The minimum absolute atomic E-state index is 0.0693. The van der Waals surface area contributed by atoms with Gasteiger partial charge in [-0.3, -0.25) is 0 Å². The summed E-state index contributed by atoms with van der Waals surface area (Å²) in [5, 5.41) is 0.392. The lowest BCUT2D eigenvalue weighted by atomic mass is 10.0. The van der Waals surface area contributed by atoms with Gasteiger partial charge in [0, 0.05) is 20.7 Å². The Morgan fingerprint density at radius 2 is 1.68 bits per heavy atom. The normalized spacial score (nSPS) is 14.1. The Hall–Kier alpha value is -0.770. The number of halogens is 1. The van der Waals surface area contributed by atoms with Crippen LogP contribution in [0.15, 0.2) is 64.0 Å². The summed E-state index contributed by atoms with van der Waals surface area (Å²) < 4.78 is 1.11. The Morgan fingerprint density at radius 1 is 1.05 bits per heavy atom. The van der Waals surface area contributed by atoms with Crippen molar-refractivity contribution in [3.8, 4) is 0 Å². The third kappa shape index (κ3) is 4.10. The molecule has 0 fully saturated rings. The van der Waals surface area contributed by atoms with Gasteiger partial charge in [0.05, 0.1) is 0 Å². The van der Waals surface area contributed by atoms with Gasteiger partial charge < -0.3 is 5.73 Å². The largest absolute Gasteiger partial charge is 0.323 e. The molecule has 0 heterocycles. The zero-order chi connectivity index (χ0) is 13.7. The molecule has 2 rings (SSSR count). The van der Waals surface area contributed by atoms with E-state index < -0.39 is 0 Å². The van der Waals surface area contributed by atoms with Crippen LogP contribution in [0.2, 0.25) is 0 Å². The average Bonchev–Trinajstić information content (AvgIpc) is 2.47. The van der Waals surface area contributed by atoms with E-state index >= 15 is 0 Å². The summed E-state index contributed by atoms with van der Waals surface area (Å²) in [6.45, 7) is 2.19. The van der Waals surface area contributed by atoms with E-state index in [-0.39, 0.29) is 6.04 Å². The maximum absolute atomic E-state index is 6.40. The van der Waals surface area contributed by atoms with Gasteiger partial charge in [-0.25, -0.2) is 0 Å². The van der Waals surface area contributed by atoms with Crippen LogP contribution in [0.4, 0.5) is 0 Å². The van der Waals surface area contributed by atoms with Crippen molar-refractivity contribution in [2.24, 2.45) is 5.73 Å². The van der Waals surface area contributed by atoms with E-state index in [9.17, 15) is 0 Å². The highest BCUT2D eigenvalue weighted by Gasteiger charge is 2.18. The molecular weight excluding hydrogens is 318 g/mol. The van der Waals surface area contributed by atoms with Gasteiger partial charge in [-0.1, -0.05) is 53.2 Å². The van der Waals surface area contributed by atoms with E-state index in [2.05, 4.69) is 59.3 Å². The fourth-order valence-electron chi connectivity index (χ4n) is 1.99. The van der Waals surface area contributed by atoms with Crippen molar-refractivity contribution in [3.63, 3.8) is 0 Å².